The number of carbonyl (C=O) groups excluding carboxylic acids is 2. The van der Waals surface area contributed by atoms with Crippen LogP contribution in [0.4, 0.5) is 4.39 Å². The fraction of sp³-hybridized carbons (Fsp3) is 0.300. The maximum absolute atomic E-state index is 13.5. The first-order valence-corrected chi connectivity index (χ1v) is 9.55. The SMILES string of the molecule is Cc1cccc(CSCC(=O)NCCNC(=O)c2ccc(C)c(F)c2)c1. The number of hydrogen-bond acceptors (Lipinski definition) is 3. The van der Waals surface area contributed by atoms with E-state index >= 15 is 0 Å². The molecule has 0 unspecified atom stereocenters. The molecular formula is C20H23FN2O2S. The number of benzene rings is 2. The minimum atomic E-state index is -0.406. The van der Waals surface area contributed by atoms with Crippen molar-refractivity contribution in [1.29, 1.82) is 0 Å². The van der Waals surface area contributed by atoms with Crippen LogP contribution >= 0.6 is 11.8 Å². The van der Waals surface area contributed by atoms with E-state index in [4.69, 9.17) is 0 Å². The molecule has 2 rings (SSSR count). The molecule has 0 spiro atoms. The summed E-state index contributed by atoms with van der Waals surface area (Å²) in [5, 5.41) is 5.42. The van der Waals surface area contributed by atoms with E-state index in [1.54, 1.807) is 30.8 Å². The Balaban J connectivity index is 1.62. The summed E-state index contributed by atoms with van der Waals surface area (Å²) in [4.78, 5) is 23.7. The summed E-state index contributed by atoms with van der Waals surface area (Å²) >= 11 is 1.55. The van der Waals surface area contributed by atoms with Gasteiger partial charge in [-0.05, 0) is 37.1 Å². The fourth-order valence-electron chi connectivity index (χ4n) is 2.33. The first-order chi connectivity index (χ1) is 12.5. The van der Waals surface area contributed by atoms with Gasteiger partial charge in [0.2, 0.25) is 5.91 Å². The molecule has 2 aromatic carbocycles. The molecular weight excluding hydrogens is 351 g/mol. The van der Waals surface area contributed by atoms with Gasteiger partial charge in [0.15, 0.2) is 0 Å². The number of aryl methyl sites for hydroxylation is 2. The van der Waals surface area contributed by atoms with E-state index in [1.807, 2.05) is 25.1 Å². The summed E-state index contributed by atoms with van der Waals surface area (Å²) < 4.78 is 13.5. The van der Waals surface area contributed by atoms with Crippen LogP contribution < -0.4 is 10.6 Å². The highest BCUT2D eigenvalue weighted by atomic mass is 32.2. The standard InChI is InChI=1S/C20H23FN2O2S/c1-14-4-3-5-16(10-14)12-26-13-19(24)22-8-9-23-20(25)17-7-6-15(2)18(21)11-17/h3-7,10-11H,8-9,12-13H2,1-2H3,(H,22,24)(H,23,25). The quantitative estimate of drug-likeness (QED) is 0.698. The third-order valence-electron chi connectivity index (χ3n) is 3.75. The number of nitrogens with one attached hydrogen (secondary N) is 2. The predicted octanol–water partition coefficient (Wildman–Crippen LogP) is 3.22. The Bertz CT molecular complexity index is 780. The summed E-state index contributed by atoms with van der Waals surface area (Å²) in [6.45, 7) is 4.32. The van der Waals surface area contributed by atoms with Crippen LogP contribution in [0.2, 0.25) is 0 Å². The molecule has 6 heteroatoms. The summed E-state index contributed by atoms with van der Waals surface area (Å²) in [6, 6.07) is 12.6. The highest BCUT2D eigenvalue weighted by molar-refractivity contribution is 7.99. The molecule has 2 aromatic rings. The summed E-state index contributed by atoms with van der Waals surface area (Å²) in [5.74, 6) is 0.317. The van der Waals surface area contributed by atoms with Crippen molar-refractivity contribution in [1.82, 2.24) is 10.6 Å². The van der Waals surface area contributed by atoms with Crippen LogP contribution in [0.15, 0.2) is 42.5 Å². The van der Waals surface area contributed by atoms with E-state index in [0.717, 1.165) is 5.75 Å². The van der Waals surface area contributed by atoms with Crippen molar-refractivity contribution >= 4 is 23.6 Å². The van der Waals surface area contributed by atoms with Crippen molar-refractivity contribution < 1.29 is 14.0 Å². The van der Waals surface area contributed by atoms with Crippen LogP contribution in [0.3, 0.4) is 0 Å². The van der Waals surface area contributed by atoms with E-state index in [-0.39, 0.29) is 17.4 Å². The number of amides is 2. The molecule has 26 heavy (non-hydrogen) atoms. The Labute approximate surface area is 157 Å². The highest BCUT2D eigenvalue weighted by Gasteiger charge is 2.08. The summed E-state index contributed by atoms with van der Waals surface area (Å²) in [7, 11) is 0. The third-order valence-corrected chi connectivity index (χ3v) is 4.75. The number of thioether (sulfide) groups is 1. The van der Waals surface area contributed by atoms with Gasteiger partial charge in [-0.2, -0.15) is 0 Å². The van der Waals surface area contributed by atoms with Gasteiger partial charge in [0.05, 0.1) is 5.75 Å². The van der Waals surface area contributed by atoms with Crippen molar-refractivity contribution in [3.63, 3.8) is 0 Å². The predicted molar refractivity (Wildman–Crippen MR) is 104 cm³/mol. The molecule has 0 aliphatic carbocycles. The second kappa shape index (κ2) is 9.97. The van der Waals surface area contributed by atoms with Crippen molar-refractivity contribution in [2.45, 2.75) is 19.6 Å². The lowest BCUT2D eigenvalue weighted by Gasteiger charge is -2.08. The van der Waals surface area contributed by atoms with Crippen LogP contribution in [0.1, 0.15) is 27.0 Å². The van der Waals surface area contributed by atoms with Crippen molar-refractivity contribution in [3.05, 3.63) is 70.5 Å². The molecule has 0 aliphatic heterocycles. The van der Waals surface area contributed by atoms with Crippen LogP contribution in [0, 0.1) is 19.7 Å². The maximum atomic E-state index is 13.5. The van der Waals surface area contributed by atoms with Crippen molar-refractivity contribution in [3.8, 4) is 0 Å². The molecule has 0 saturated carbocycles. The summed E-state index contributed by atoms with van der Waals surface area (Å²) in [5.41, 5.74) is 3.17. The molecule has 0 heterocycles. The fourth-order valence-corrected chi connectivity index (χ4v) is 3.13. The van der Waals surface area contributed by atoms with Crippen molar-refractivity contribution in [2.75, 3.05) is 18.8 Å². The maximum Gasteiger partial charge on any atom is 0.251 e. The van der Waals surface area contributed by atoms with Gasteiger partial charge in [0.25, 0.3) is 5.91 Å². The Morgan fingerprint density at radius 1 is 1.04 bits per heavy atom. The molecule has 0 aliphatic rings. The normalized spacial score (nSPS) is 10.4. The lowest BCUT2D eigenvalue weighted by molar-refractivity contribution is -0.118. The van der Waals surface area contributed by atoms with Gasteiger partial charge in [0, 0.05) is 24.4 Å². The van der Waals surface area contributed by atoms with Gasteiger partial charge in [-0.3, -0.25) is 9.59 Å². The lowest BCUT2D eigenvalue weighted by atomic mass is 10.1. The third kappa shape index (κ3) is 6.52. The van der Waals surface area contributed by atoms with Crippen LogP contribution in [0.5, 0.6) is 0 Å². The molecule has 0 aromatic heterocycles. The Hall–Kier alpha value is -2.34. The number of carbonyl (C=O) groups is 2. The van der Waals surface area contributed by atoms with E-state index in [2.05, 4.69) is 16.7 Å². The van der Waals surface area contributed by atoms with E-state index in [9.17, 15) is 14.0 Å². The highest BCUT2D eigenvalue weighted by Crippen LogP contribution is 2.13. The number of rotatable bonds is 8. The average Bonchev–Trinajstić information content (AvgIpc) is 2.61. The molecule has 0 saturated heterocycles. The second-order valence-electron chi connectivity index (χ2n) is 6.05. The molecule has 0 fully saturated rings. The largest absolute Gasteiger partial charge is 0.354 e. The second-order valence-corrected chi connectivity index (χ2v) is 7.04. The van der Waals surface area contributed by atoms with E-state index in [1.165, 1.54) is 17.2 Å². The van der Waals surface area contributed by atoms with Gasteiger partial charge >= 0.3 is 0 Å². The minimum absolute atomic E-state index is 0.0710. The number of halogens is 1. The molecule has 4 nitrogen and oxygen atoms in total. The zero-order valence-corrected chi connectivity index (χ0v) is 15.8. The molecule has 0 radical (unpaired) electrons. The zero-order valence-electron chi connectivity index (χ0n) is 15.0. The Kier molecular flexibility index (Phi) is 7.66. The molecule has 0 bridgehead atoms. The minimum Gasteiger partial charge on any atom is -0.354 e. The summed E-state index contributed by atoms with van der Waals surface area (Å²) in [6.07, 6.45) is 0. The molecule has 0 atom stereocenters. The first kappa shape index (κ1) is 20.0. The van der Waals surface area contributed by atoms with Gasteiger partial charge in [-0.25, -0.2) is 4.39 Å². The number of hydrogen-bond donors (Lipinski definition) is 2. The first-order valence-electron chi connectivity index (χ1n) is 8.40. The smallest absolute Gasteiger partial charge is 0.251 e. The lowest BCUT2D eigenvalue weighted by Crippen LogP contribution is -2.35. The van der Waals surface area contributed by atoms with Gasteiger partial charge in [0.1, 0.15) is 5.82 Å². The van der Waals surface area contributed by atoms with Gasteiger partial charge in [-0.1, -0.05) is 35.9 Å². The Morgan fingerprint density at radius 3 is 2.54 bits per heavy atom. The Morgan fingerprint density at radius 2 is 1.81 bits per heavy atom. The van der Waals surface area contributed by atoms with Crippen LogP contribution in [0.25, 0.3) is 0 Å². The topological polar surface area (TPSA) is 58.2 Å². The van der Waals surface area contributed by atoms with Crippen molar-refractivity contribution in [2.24, 2.45) is 0 Å². The molecule has 138 valence electrons. The van der Waals surface area contributed by atoms with E-state index in [0.29, 0.717) is 24.4 Å². The molecule has 2 N–H and O–H groups in total. The monoisotopic (exact) mass is 374 g/mol. The zero-order chi connectivity index (χ0) is 18.9. The van der Waals surface area contributed by atoms with Crippen LogP contribution in [-0.4, -0.2) is 30.7 Å². The molecule has 2 amide bonds. The van der Waals surface area contributed by atoms with Gasteiger partial charge in [-0.15, -0.1) is 11.8 Å². The van der Waals surface area contributed by atoms with Gasteiger partial charge < -0.3 is 10.6 Å². The van der Waals surface area contributed by atoms with Crippen LogP contribution in [-0.2, 0) is 10.5 Å². The average molecular weight is 374 g/mol. The van der Waals surface area contributed by atoms with E-state index < -0.39 is 5.82 Å².